The van der Waals surface area contributed by atoms with E-state index in [-0.39, 0.29) is 5.82 Å². The number of nitrogens with one attached hydrogen (secondary N) is 1. The quantitative estimate of drug-likeness (QED) is 0.505. The highest BCUT2D eigenvalue weighted by Gasteiger charge is 2.24. The monoisotopic (exact) mass is 464 g/mol. The molecule has 4 nitrogen and oxygen atoms in total. The van der Waals surface area contributed by atoms with Crippen LogP contribution in [0.25, 0.3) is 12.3 Å². The van der Waals surface area contributed by atoms with Gasteiger partial charge < -0.3 is 10.2 Å². The number of fused-ring (bicyclic) bond motifs is 1. The highest BCUT2D eigenvalue weighted by molar-refractivity contribution is 5.99. The number of aliphatic imine (C=N–C) groups is 2. The third-order valence-corrected chi connectivity index (χ3v) is 6.70. The molecule has 1 atom stereocenters. The molecule has 1 N–H and O–H groups in total. The lowest BCUT2D eigenvalue weighted by atomic mass is 9.97. The van der Waals surface area contributed by atoms with Gasteiger partial charge in [-0.1, -0.05) is 44.6 Å². The molecule has 1 aromatic rings. The van der Waals surface area contributed by atoms with Gasteiger partial charge in [-0.3, -0.25) is 9.98 Å². The van der Waals surface area contributed by atoms with Gasteiger partial charge in [0.05, 0.1) is 12.2 Å². The fraction of sp³-hybridized carbons (Fsp3) is 0.517. The summed E-state index contributed by atoms with van der Waals surface area (Å²) < 4.78 is 14.6. The highest BCUT2D eigenvalue weighted by atomic mass is 19.1. The van der Waals surface area contributed by atoms with Crippen LogP contribution in [0.3, 0.4) is 0 Å². The molecule has 34 heavy (non-hydrogen) atoms. The molecule has 0 radical (unpaired) electrons. The summed E-state index contributed by atoms with van der Waals surface area (Å²) in [6.07, 6.45) is 12.2. The summed E-state index contributed by atoms with van der Waals surface area (Å²) in [5, 5.41) is 5.37. The van der Waals surface area contributed by atoms with Crippen LogP contribution in [0.15, 0.2) is 45.0 Å². The lowest BCUT2D eigenvalue weighted by Gasteiger charge is -2.35. The van der Waals surface area contributed by atoms with E-state index in [1.54, 1.807) is 6.07 Å². The van der Waals surface area contributed by atoms with Crippen LogP contribution in [0, 0.1) is 11.7 Å². The molecule has 0 saturated carbocycles. The zero-order valence-electron chi connectivity index (χ0n) is 21.5. The van der Waals surface area contributed by atoms with Gasteiger partial charge >= 0.3 is 0 Å². The number of rotatable bonds is 5. The number of allylic oxidation sites excluding steroid dienone is 2. The summed E-state index contributed by atoms with van der Waals surface area (Å²) in [7, 11) is 0. The summed E-state index contributed by atoms with van der Waals surface area (Å²) in [5.74, 6) is 1.59. The maximum absolute atomic E-state index is 14.6. The van der Waals surface area contributed by atoms with Gasteiger partial charge in [-0.05, 0) is 74.9 Å². The number of benzene rings is 1. The Morgan fingerprint density at radius 1 is 1.29 bits per heavy atom. The Morgan fingerprint density at radius 2 is 2.12 bits per heavy atom. The second-order valence-corrected chi connectivity index (χ2v) is 9.52. The van der Waals surface area contributed by atoms with Gasteiger partial charge in [0.25, 0.3) is 0 Å². The van der Waals surface area contributed by atoms with E-state index in [1.807, 2.05) is 19.2 Å². The van der Waals surface area contributed by atoms with Crippen molar-refractivity contribution >= 4 is 24.8 Å². The fourth-order valence-corrected chi connectivity index (χ4v) is 4.94. The predicted octanol–water partition coefficient (Wildman–Crippen LogP) is 4.73. The maximum atomic E-state index is 14.6. The van der Waals surface area contributed by atoms with Gasteiger partial charge in [0.2, 0.25) is 0 Å². The molecule has 0 spiro atoms. The summed E-state index contributed by atoms with van der Waals surface area (Å²) in [4.78, 5) is 12.0. The van der Waals surface area contributed by atoms with Gasteiger partial charge in [-0.15, -0.1) is 0 Å². The molecule has 1 saturated heterocycles. The number of nitrogens with zero attached hydrogens (tertiary/aromatic N) is 3. The Labute approximate surface area is 204 Å². The minimum Gasteiger partial charge on any atom is -0.385 e. The Hall–Kier alpha value is -2.69. The van der Waals surface area contributed by atoms with Crippen LogP contribution in [-0.2, 0) is 6.42 Å². The van der Waals surface area contributed by atoms with Crippen LogP contribution in [0.5, 0.6) is 0 Å². The average Bonchev–Trinajstić information content (AvgIpc) is 2.82. The van der Waals surface area contributed by atoms with Crippen LogP contribution < -0.4 is 15.8 Å². The smallest absolute Gasteiger partial charge is 0.128 e. The molecular weight excluding hydrogens is 423 g/mol. The molecule has 2 aliphatic rings. The topological polar surface area (TPSA) is 40.0 Å². The Balaban J connectivity index is 2.10. The van der Waals surface area contributed by atoms with Gasteiger partial charge in [0, 0.05) is 36.6 Å². The average molecular weight is 465 g/mol. The first-order valence-corrected chi connectivity index (χ1v) is 12.9. The SMILES string of the molecule is C=N/C1=C(\C(=N/CCC)N2CCCC(C)C2)CC\C=C(C)/C=c2/ccc(F)c(CC)/c2=C\NC1. The van der Waals surface area contributed by atoms with Crippen LogP contribution in [0.2, 0.25) is 0 Å². The van der Waals surface area contributed by atoms with Gasteiger partial charge in [0.1, 0.15) is 11.7 Å². The molecular formula is C29H41FN4. The molecule has 1 fully saturated rings. The number of piperidine rings is 1. The van der Waals surface area contributed by atoms with Crippen molar-refractivity contribution in [2.45, 2.75) is 66.2 Å². The first kappa shape index (κ1) is 25.9. The van der Waals surface area contributed by atoms with E-state index in [9.17, 15) is 4.39 Å². The lowest BCUT2D eigenvalue weighted by molar-refractivity contribution is 0.272. The zero-order chi connectivity index (χ0) is 24.5. The highest BCUT2D eigenvalue weighted by Crippen LogP contribution is 2.23. The summed E-state index contributed by atoms with van der Waals surface area (Å²) in [5.41, 5.74) is 4.01. The summed E-state index contributed by atoms with van der Waals surface area (Å²) >= 11 is 0. The van der Waals surface area contributed by atoms with Crippen molar-refractivity contribution in [3.05, 3.63) is 56.9 Å². The molecule has 5 heteroatoms. The van der Waals surface area contributed by atoms with Crippen LogP contribution in [-0.4, -0.2) is 43.6 Å². The first-order valence-electron chi connectivity index (χ1n) is 12.9. The van der Waals surface area contributed by atoms with E-state index in [2.05, 4.69) is 54.8 Å². The number of halogens is 1. The van der Waals surface area contributed by atoms with E-state index in [0.29, 0.717) is 18.9 Å². The second-order valence-electron chi connectivity index (χ2n) is 9.52. The number of hydrogen-bond donors (Lipinski definition) is 1. The van der Waals surface area contributed by atoms with E-state index in [4.69, 9.17) is 4.99 Å². The summed E-state index contributed by atoms with van der Waals surface area (Å²) in [6.45, 7) is 15.9. The minimum absolute atomic E-state index is 0.159. The standard InChI is InChI=1S/C29H41FN4/c1-6-15-33-29(34-16-9-11-22(4)20-34)25-12-8-10-21(3)17-23-13-14-27(30)24(7-2)26(23)18-32-19-28(25)31-5/h10,13-14,17-18,22,32H,5-9,11-12,15-16,19-20H2,1-4H3/b21-10-,23-17-,26-18-,28-25-,33-29+. The van der Waals surface area contributed by atoms with Crippen molar-refractivity contribution in [1.82, 2.24) is 10.2 Å². The first-order chi connectivity index (χ1) is 16.5. The molecule has 184 valence electrons. The Bertz CT molecular complexity index is 1080. The maximum Gasteiger partial charge on any atom is 0.128 e. The molecule has 2 heterocycles. The van der Waals surface area contributed by atoms with Gasteiger partial charge in [-0.2, -0.15) is 0 Å². The van der Waals surface area contributed by atoms with E-state index in [0.717, 1.165) is 66.4 Å². The molecule has 2 aliphatic heterocycles. The van der Waals surface area contributed by atoms with Crippen molar-refractivity contribution in [1.29, 1.82) is 0 Å². The zero-order valence-corrected chi connectivity index (χ0v) is 21.5. The van der Waals surface area contributed by atoms with Gasteiger partial charge in [-0.25, -0.2) is 4.39 Å². The summed E-state index contributed by atoms with van der Waals surface area (Å²) in [6, 6.07) is 3.44. The van der Waals surface area contributed by atoms with E-state index >= 15 is 0 Å². The molecule has 0 aromatic heterocycles. The third-order valence-electron chi connectivity index (χ3n) is 6.70. The Morgan fingerprint density at radius 3 is 2.82 bits per heavy atom. The number of likely N-dealkylation sites (tertiary alicyclic amines) is 1. The predicted molar refractivity (Wildman–Crippen MR) is 144 cm³/mol. The van der Waals surface area contributed by atoms with E-state index in [1.165, 1.54) is 24.0 Å². The van der Waals surface area contributed by atoms with Crippen molar-refractivity contribution in [3.8, 4) is 0 Å². The third kappa shape index (κ3) is 6.46. The molecule has 0 aliphatic carbocycles. The van der Waals surface area contributed by atoms with Crippen LogP contribution in [0.1, 0.15) is 65.4 Å². The van der Waals surface area contributed by atoms with Crippen molar-refractivity contribution in [2.24, 2.45) is 15.9 Å². The molecule has 0 amide bonds. The fourth-order valence-electron chi connectivity index (χ4n) is 4.94. The second kappa shape index (κ2) is 12.7. The molecule has 1 aromatic carbocycles. The molecule has 3 rings (SSSR count). The lowest BCUT2D eigenvalue weighted by Crippen LogP contribution is -2.41. The van der Waals surface area contributed by atoms with Crippen molar-refractivity contribution in [2.75, 3.05) is 26.2 Å². The molecule has 1 unspecified atom stereocenters. The van der Waals surface area contributed by atoms with Crippen molar-refractivity contribution < 1.29 is 4.39 Å². The van der Waals surface area contributed by atoms with Gasteiger partial charge in [0.15, 0.2) is 0 Å². The van der Waals surface area contributed by atoms with Crippen molar-refractivity contribution in [3.63, 3.8) is 0 Å². The van der Waals surface area contributed by atoms with Crippen LogP contribution in [0.4, 0.5) is 4.39 Å². The molecule has 0 bridgehead atoms. The largest absolute Gasteiger partial charge is 0.385 e. The Kier molecular flexibility index (Phi) is 9.67. The van der Waals surface area contributed by atoms with Crippen LogP contribution >= 0.6 is 0 Å². The minimum atomic E-state index is -0.159. The number of amidine groups is 1. The number of hydrogen-bond acceptors (Lipinski definition) is 3. The normalized spacial score (nSPS) is 25.8. The van der Waals surface area contributed by atoms with E-state index < -0.39 is 0 Å².